The molecule has 0 aromatic heterocycles. The lowest BCUT2D eigenvalue weighted by atomic mass is 10.1. The smallest absolute Gasteiger partial charge is 0.181 e. The van der Waals surface area contributed by atoms with E-state index < -0.39 is 15.7 Å². The summed E-state index contributed by atoms with van der Waals surface area (Å²) in [5.41, 5.74) is 0. The highest BCUT2D eigenvalue weighted by Crippen LogP contribution is 2.18. The standard InChI is InChI=1S/C12H16BrFO2S/c1-10(6-8-13)7-9-17(15,16)12-5-3-2-4-11(12)14/h2-5,10H,6-9H2,1H3. The maximum absolute atomic E-state index is 13.4. The molecule has 5 heteroatoms. The molecule has 0 saturated carbocycles. The zero-order chi connectivity index (χ0) is 12.9. The molecule has 1 aromatic rings. The molecule has 0 aliphatic rings. The monoisotopic (exact) mass is 322 g/mol. The van der Waals surface area contributed by atoms with Crippen molar-refractivity contribution in [2.24, 2.45) is 5.92 Å². The maximum Gasteiger partial charge on any atom is 0.181 e. The third-order valence-corrected chi connectivity index (χ3v) is 4.89. The molecule has 0 saturated heterocycles. The first-order valence-corrected chi connectivity index (χ1v) is 8.28. The van der Waals surface area contributed by atoms with Gasteiger partial charge in [-0.05, 0) is 30.9 Å². The fraction of sp³-hybridized carbons (Fsp3) is 0.500. The lowest BCUT2D eigenvalue weighted by Gasteiger charge is -2.10. The van der Waals surface area contributed by atoms with E-state index in [9.17, 15) is 12.8 Å². The van der Waals surface area contributed by atoms with E-state index in [1.165, 1.54) is 24.3 Å². The quantitative estimate of drug-likeness (QED) is 0.752. The zero-order valence-electron chi connectivity index (χ0n) is 9.70. The van der Waals surface area contributed by atoms with E-state index in [-0.39, 0.29) is 10.6 Å². The Labute approximate surface area is 110 Å². The highest BCUT2D eigenvalue weighted by atomic mass is 79.9. The van der Waals surface area contributed by atoms with Gasteiger partial charge < -0.3 is 0 Å². The van der Waals surface area contributed by atoms with E-state index in [2.05, 4.69) is 15.9 Å². The van der Waals surface area contributed by atoms with Crippen molar-refractivity contribution < 1.29 is 12.8 Å². The summed E-state index contributed by atoms with van der Waals surface area (Å²) >= 11 is 3.32. The van der Waals surface area contributed by atoms with Crippen molar-refractivity contribution in [3.63, 3.8) is 0 Å². The van der Waals surface area contributed by atoms with Crippen LogP contribution in [0, 0.1) is 11.7 Å². The molecular formula is C12H16BrFO2S. The minimum Gasteiger partial charge on any atom is -0.224 e. The van der Waals surface area contributed by atoms with Crippen LogP contribution in [0.5, 0.6) is 0 Å². The van der Waals surface area contributed by atoms with Crippen molar-refractivity contribution in [1.82, 2.24) is 0 Å². The van der Waals surface area contributed by atoms with E-state index >= 15 is 0 Å². The fourth-order valence-electron chi connectivity index (χ4n) is 1.49. The van der Waals surface area contributed by atoms with Crippen LogP contribution in [0.1, 0.15) is 19.8 Å². The van der Waals surface area contributed by atoms with Gasteiger partial charge in [0.05, 0.1) is 5.75 Å². The molecule has 1 atom stereocenters. The Balaban J connectivity index is 2.73. The van der Waals surface area contributed by atoms with E-state index in [0.29, 0.717) is 12.3 Å². The molecule has 0 spiro atoms. The van der Waals surface area contributed by atoms with Crippen molar-refractivity contribution in [2.75, 3.05) is 11.1 Å². The summed E-state index contributed by atoms with van der Waals surface area (Å²) in [5, 5.41) is 0.855. The SMILES string of the molecule is CC(CCBr)CCS(=O)(=O)c1ccccc1F. The highest BCUT2D eigenvalue weighted by molar-refractivity contribution is 9.09. The second-order valence-corrected chi connectivity index (χ2v) is 6.99. The van der Waals surface area contributed by atoms with Gasteiger partial charge in [-0.3, -0.25) is 0 Å². The molecule has 0 amide bonds. The number of hydrogen-bond donors (Lipinski definition) is 0. The molecule has 0 aliphatic carbocycles. The van der Waals surface area contributed by atoms with Gasteiger partial charge in [-0.25, -0.2) is 12.8 Å². The van der Waals surface area contributed by atoms with Crippen LogP contribution in [0.2, 0.25) is 0 Å². The van der Waals surface area contributed by atoms with E-state index in [0.717, 1.165) is 11.8 Å². The average molecular weight is 323 g/mol. The Morgan fingerprint density at radius 2 is 1.94 bits per heavy atom. The largest absolute Gasteiger partial charge is 0.224 e. The van der Waals surface area contributed by atoms with Crippen molar-refractivity contribution in [1.29, 1.82) is 0 Å². The first-order chi connectivity index (χ1) is 7.97. The Hall–Kier alpha value is -0.420. The topological polar surface area (TPSA) is 34.1 Å². The second kappa shape index (κ2) is 6.50. The number of benzene rings is 1. The Morgan fingerprint density at radius 3 is 2.53 bits per heavy atom. The van der Waals surface area contributed by atoms with E-state index in [1.807, 2.05) is 6.92 Å². The molecule has 0 aliphatic heterocycles. The minimum atomic E-state index is -3.49. The Morgan fingerprint density at radius 1 is 1.29 bits per heavy atom. The van der Waals surface area contributed by atoms with Gasteiger partial charge in [0.15, 0.2) is 9.84 Å². The summed E-state index contributed by atoms with van der Waals surface area (Å²) in [6.07, 6.45) is 1.48. The molecule has 2 nitrogen and oxygen atoms in total. The first-order valence-electron chi connectivity index (χ1n) is 5.50. The number of rotatable bonds is 6. The molecule has 0 bridgehead atoms. The van der Waals surface area contributed by atoms with Crippen molar-refractivity contribution in [3.05, 3.63) is 30.1 Å². The molecule has 96 valence electrons. The molecule has 0 N–H and O–H groups in total. The lowest BCUT2D eigenvalue weighted by molar-refractivity contribution is 0.530. The van der Waals surface area contributed by atoms with Gasteiger partial charge in [0.2, 0.25) is 0 Å². The normalized spacial score (nSPS) is 13.6. The van der Waals surface area contributed by atoms with E-state index in [1.54, 1.807) is 0 Å². The summed E-state index contributed by atoms with van der Waals surface area (Å²) in [5.74, 6) is -0.348. The minimum absolute atomic E-state index is 0.00208. The van der Waals surface area contributed by atoms with Gasteiger partial charge in [-0.2, -0.15) is 0 Å². The van der Waals surface area contributed by atoms with Crippen LogP contribution in [0.25, 0.3) is 0 Å². The molecule has 1 unspecified atom stereocenters. The number of alkyl halides is 1. The van der Waals surface area contributed by atoms with Crippen LogP contribution in [-0.4, -0.2) is 19.5 Å². The van der Waals surface area contributed by atoms with Crippen LogP contribution in [0.4, 0.5) is 4.39 Å². The summed E-state index contributed by atoms with van der Waals surface area (Å²) < 4.78 is 37.2. The predicted molar refractivity (Wildman–Crippen MR) is 70.6 cm³/mol. The fourth-order valence-corrected chi connectivity index (χ4v) is 3.86. The third kappa shape index (κ3) is 4.39. The van der Waals surface area contributed by atoms with Crippen LogP contribution < -0.4 is 0 Å². The molecule has 0 radical (unpaired) electrons. The summed E-state index contributed by atoms with van der Waals surface area (Å²) in [6, 6.07) is 5.52. The van der Waals surface area contributed by atoms with Crippen molar-refractivity contribution >= 4 is 25.8 Å². The van der Waals surface area contributed by atoms with Crippen LogP contribution in [0.3, 0.4) is 0 Å². The second-order valence-electron chi connectivity index (χ2n) is 4.12. The maximum atomic E-state index is 13.4. The summed E-state index contributed by atoms with van der Waals surface area (Å²) in [4.78, 5) is -0.189. The van der Waals surface area contributed by atoms with Gasteiger partial charge in [-0.1, -0.05) is 35.0 Å². The molecule has 1 aromatic carbocycles. The summed E-state index contributed by atoms with van der Waals surface area (Å²) in [6.45, 7) is 2.00. The molecule has 0 heterocycles. The average Bonchev–Trinajstić information content (AvgIpc) is 2.27. The lowest BCUT2D eigenvalue weighted by Crippen LogP contribution is -2.12. The van der Waals surface area contributed by atoms with Crippen molar-refractivity contribution in [2.45, 2.75) is 24.7 Å². The van der Waals surface area contributed by atoms with Crippen LogP contribution in [-0.2, 0) is 9.84 Å². The van der Waals surface area contributed by atoms with Gasteiger partial charge in [0.1, 0.15) is 10.7 Å². The Bertz CT molecular complexity index is 459. The van der Waals surface area contributed by atoms with E-state index in [4.69, 9.17) is 0 Å². The molecule has 1 rings (SSSR count). The highest BCUT2D eigenvalue weighted by Gasteiger charge is 2.19. The zero-order valence-corrected chi connectivity index (χ0v) is 12.1. The van der Waals surface area contributed by atoms with Gasteiger partial charge in [0, 0.05) is 5.33 Å². The van der Waals surface area contributed by atoms with Gasteiger partial charge in [0.25, 0.3) is 0 Å². The number of sulfone groups is 1. The van der Waals surface area contributed by atoms with Gasteiger partial charge >= 0.3 is 0 Å². The number of hydrogen-bond acceptors (Lipinski definition) is 2. The number of halogens is 2. The van der Waals surface area contributed by atoms with Crippen LogP contribution >= 0.6 is 15.9 Å². The first kappa shape index (κ1) is 14.6. The molecular weight excluding hydrogens is 307 g/mol. The summed E-state index contributed by atoms with van der Waals surface area (Å²) in [7, 11) is -3.49. The molecule has 0 fully saturated rings. The third-order valence-electron chi connectivity index (χ3n) is 2.65. The van der Waals surface area contributed by atoms with Crippen LogP contribution in [0.15, 0.2) is 29.2 Å². The molecule has 17 heavy (non-hydrogen) atoms. The van der Waals surface area contributed by atoms with Gasteiger partial charge in [-0.15, -0.1) is 0 Å². The predicted octanol–water partition coefficient (Wildman–Crippen LogP) is 3.41. The Kier molecular flexibility index (Phi) is 5.59. The van der Waals surface area contributed by atoms with Crippen molar-refractivity contribution in [3.8, 4) is 0 Å².